The minimum absolute atomic E-state index is 0.0362. The first-order valence-electron chi connectivity index (χ1n) is 6.40. The van der Waals surface area contributed by atoms with E-state index in [0.717, 1.165) is 26.0 Å². The lowest BCUT2D eigenvalue weighted by atomic mass is 10.0. The molecule has 0 saturated carbocycles. The van der Waals surface area contributed by atoms with E-state index in [-0.39, 0.29) is 12.0 Å². The number of aromatic nitrogens is 2. The largest absolute Gasteiger partial charge is 0.370 e. The quantitative estimate of drug-likeness (QED) is 0.851. The second-order valence-corrected chi connectivity index (χ2v) is 4.63. The molecule has 3 atom stereocenters. The molecule has 96 valence electrons. The van der Waals surface area contributed by atoms with Gasteiger partial charge in [-0.1, -0.05) is 19.0 Å². The van der Waals surface area contributed by atoms with Gasteiger partial charge in [-0.25, -0.2) is 0 Å². The van der Waals surface area contributed by atoms with Crippen LogP contribution in [-0.4, -0.2) is 29.3 Å². The molecule has 1 saturated heterocycles. The fourth-order valence-corrected chi connectivity index (χ4v) is 2.06. The van der Waals surface area contributed by atoms with E-state index in [1.54, 1.807) is 0 Å². The van der Waals surface area contributed by atoms with Gasteiger partial charge in [0, 0.05) is 12.6 Å². The van der Waals surface area contributed by atoms with Crippen LogP contribution in [0.25, 0.3) is 0 Å². The number of hydrogen-bond donors (Lipinski definition) is 1. The Labute approximate surface area is 102 Å². The normalized spacial score (nSPS) is 23.8. The number of ether oxygens (including phenoxy) is 1. The zero-order valence-electron chi connectivity index (χ0n) is 10.8. The summed E-state index contributed by atoms with van der Waals surface area (Å²) in [6.07, 6.45) is 2.11. The molecule has 3 unspecified atom stereocenters. The lowest BCUT2D eigenvalue weighted by Crippen LogP contribution is -2.30. The van der Waals surface area contributed by atoms with Crippen LogP contribution in [0.3, 0.4) is 0 Å². The van der Waals surface area contributed by atoms with Gasteiger partial charge in [0.15, 0.2) is 0 Å². The molecule has 0 radical (unpaired) electrons. The third-order valence-electron chi connectivity index (χ3n) is 3.34. The van der Waals surface area contributed by atoms with Crippen LogP contribution in [0.15, 0.2) is 4.52 Å². The van der Waals surface area contributed by atoms with Crippen LogP contribution in [0.4, 0.5) is 0 Å². The lowest BCUT2D eigenvalue weighted by molar-refractivity contribution is 0.103. The van der Waals surface area contributed by atoms with E-state index in [4.69, 9.17) is 9.26 Å². The summed E-state index contributed by atoms with van der Waals surface area (Å²) in [5, 5.41) is 7.39. The van der Waals surface area contributed by atoms with Gasteiger partial charge >= 0.3 is 0 Å². The first-order chi connectivity index (χ1) is 8.22. The molecular formula is C12H21N3O2. The summed E-state index contributed by atoms with van der Waals surface area (Å²) in [6, 6.07) is 0.331. The first kappa shape index (κ1) is 12.5. The van der Waals surface area contributed by atoms with E-state index >= 15 is 0 Å². The van der Waals surface area contributed by atoms with E-state index in [9.17, 15) is 0 Å². The van der Waals surface area contributed by atoms with E-state index in [2.05, 4.69) is 36.2 Å². The molecule has 0 aromatic carbocycles. The molecule has 2 heterocycles. The van der Waals surface area contributed by atoms with Crippen LogP contribution < -0.4 is 5.32 Å². The van der Waals surface area contributed by atoms with Gasteiger partial charge in [0.05, 0.1) is 5.92 Å². The average Bonchev–Trinajstić information content (AvgIpc) is 2.98. The van der Waals surface area contributed by atoms with Crippen LogP contribution in [0, 0.1) is 0 Å². The fourth-order valence-electron chi connectivity index (χ4n) is 2.06. The highest BCUT2D eigenvalue weighted by Crippen LogP contribution is 2.27. The molecule has 17 heavy (non-hydrogen) atoms. The standard InChI is InChI=1S/C12H21N3O2/c1-4-13-9(3)8(2)12-14-11(15-17-12)10-6-5-7-16-10/h8-10,13H,4-7H2,1-3H3. The molecule has 2 rings (SSSR count). The Morgan fingerprint density at radius 3 is 2.94 bits per heavy atom. The SMILES string of the molecule is CCNC(C)C(C)c1nc(C2CCCO2)no1. The second kappa shape index (κ2) is 5.60. The molecule has 0 aliphatic carbocycles. The van der Waals surface area contributed by atoms with Crippen molar-refractivity contribution in [2.45, 2.75) is 51.7 Å². The molecule has 5 nitrogen and oxygen atoms in total. The Morgan fingerprint density at radius 1 is 1.47 bits per heavy atom. The number of hydrogen-bond acceptors (Lipinski definition) is 5. The maximum absolute atomic E-state index is 5.54. The van der Waals surface area contributed by atoms with Crippen molar-refractivity contribution in [3.8, 4) is 0 Å². The Bertz CT molecular complexity index is 347. The van der Waals surface area contributed by atoms with Crippen molar-refractivity contribution in [1.29, 1.82) is 0 Å². The van der Waals surface area contributed by atoms with E-state index in [1.165, 1.54) is 0 Å². The summed E-state index contributed by atoms with van der Waals surface area (Å²) in [6.45, 7) is 8.06. The maximum Gasteiger partial charge on any atom is 0.231 e. The van der Waals surface area contributed by atoms with E-state index < -0.39 is 0 Å². The van der Waals surface area contributed by atoms with Crippen molar-refractivity contribution in [3.05, 3.63) is 11.7 Å². The maximum atomic E-state index is 5.54. The third-order valence-corrected chi connectivity index (χ3v) is 3.34. The first-order valence-corrected chi connectivity index (χ1v) is 6.40. The second-order valence-electron chi connectivity index (χ2n) is 4.63. The van der Waals surface area contributed by atoms with Gasteiger partial charge in [0.1, 0.15) is 6.10 Å². The van der Waals surface area contributed by atoms with Crippen molar-refractivity contribution >= 4 is 0 Å². The number of likely N-dealkylation sites (N-methyl/N-ethyl adjacent to an activating group) is 1. The molecule has 1 aromatic rings. The van der Waals surface area contributed by atoms with Crippen molar-refractivity contribution in [2.24, 2.45) is 0 Å². The van der Waals surface area contributed by atoms with Crippen molar-refractivity contribution in [1.82, 2.24) is 15.5 Å². The summed E-state index contributed by atoms with van der Waals surface area (Å²) in [5.74, 6) is 1.62. The smallest absolute Gasteiger partial charge is 0.231 e. The Hall–Kier alpha value is -0.940. The van der Waals surface area contributed by atoms with Crippen LogP contribution in [-0.2, 0) is 4.74 Å². The number of nitrogens with one attached hydrogen (secondary N) is 1. The Kier molecular flexibility index (Phi) is 4.12. The predicted molar refractivity (Wildman–Crippen MR) is 63.8 cm³/mol. The Morgan fingerprint density at radius 2 is 2.29 bits per heavy atom. The van der Waals surface area contributed by atoms with Gasteiger partial charge in [-0.2, -0.15) is 4.98 Å². The van der Waals surface area contributed by atoms with Gasteiger partial charge in [0.2, 0.25) is 11.7 Å². The number of nitrogens with zero attached hydrogens (tertiary/aromatic N) is 2. The molecule has 1 aliphatic heterocycles. The van der Waals surface area contributed by atoms with Crippen LogP contribution in [0.5, 0.6) is 0 Å². The fraction of sp³-hybridized carbons (Fsp3) is 0.833. The van der Waals surface area contributed by atoms with E-state index in [0.29, 0.717) is 17.8 Å². The number of rotatable bonds is 5. The lowest BCUT2D eigenvalue weighted by Gasteiger charge is -2.16. The molecular weight excluding hydrogens is 218 g/mol. The van der Waals surface area contributed by atoms with Crippen molar-refractivity contribution in [3.63, 3.8) is 0 Å². The highest BCUT2D eigenvalue weighted by atomic mass is 16.5. The molecule has 5 heteroatoms. The molecule has 0 spiro atoms. The minimum atomic E-state index is 0.0362. The summed E-state index contributed by atoms with van der Waals surface area (Å²) < 4.78 is 10.9. The molecule has 1 N–H and O–H groups in total. The average molecular weight is 239 g/mol. The minimum Gasteiger partial charge on any atom is -0.370 e. The molecule has 1 aromatic heterocycles. The Balaban J connectivity index is 2.01. The highest BCUT2D eigenvalue weighted by Gasteiger charge is 2.26. The topological polar surface area (TPSA) is 60.2 Å². The van der Waals surface area contributed by atoms with Gasteiger partial charge < -0.3 is 14.6 Å². The van der Waals surface area contributed by atoms with Gasteiger partial charge in [-0.05, 0) is 26.3 Å². The summed E-state index contributed by atoms with van der Waals surface area (Å²) >= 11 is 0. The molecule has 1 aliphatic rings. The van der Waals surface area contributed by atoms with Crippen LogP contribution in [0.2, 0.25) is 0 Å². The monoisotopic (exact) mass is 239 g/mol. The van der Waals surface area contributed by atoms with Gasteiger partial charge in [0.25, 0.3) is 0 Å². The summed E-state index contributed by atoms with van der Waals surface area (Å²) in [5.41, 5.74) is 0. The van der Waals surface area contributed by atoms with E-state index in [1.807, 2.05) is 0 Å². The van der Waals surface area contributed by atoms with Crippen molar-refractivity contribution in [2.75, 3.05) is 13.2 Å². The predicted octanol–water partition coefficient (Wildman–Crippen LogP) is 2.02. The summed E-state index contributed by atoms with van der Waals surface area (Å²) in [7, 11) is 0. The van der Waals surface area contributed by atoms with Crippen LogP contribution >= 0.6 is 0 Å². The van der Waals surface area contributed by atoms with Crippen LogP contribution in [0.1, 0.15) is 57.3 Å². The third kappa shape index (κ3) is 2.84. The molecule has 0 amide bonds. The summed E-state index contributed by atoms with van der Waals surface area (Å²) in [4.78, 5) is 4.45. The van der Waals surface area contributed by atoms with Gasteiger partial charge in [-0.15, -0.1) is 0 Å². The van der Waals surface area contributed by atoms with Crippen molar-refractivity contribution < 1.29 is 9.26 Å². The highest BCUT2D eigenvalue weighted by molar-refractivity contribution is 4.99. The molecule has 1 fully saturated rings. The van der Waals surface area contributed by atoms with Gasteiger partial charge in [-0.3, -0.25) is 0 Å². The molecule has 0 bridgehead atoms. The zero-order chi connectivity index (χ0) is 12.3. The zero-order valence-corrected chi connectivity index (χ0v) is 10.8.